The molecule has 2 N–H and O–H groups in total. The number of hydrogen-bond acceptors (Lipinski definition) is 5. The van der Waals surface area contributed by atoms with E-state index in [9.17, 15) is 9.59 Å². The Kier molecular flexibility index (Phi) is 5.46. The molecule has 2 amide bonds. The van der Waals surface area contributed by atoms with Gasteiger partial charge in [0.15, 0.2) is 0 Å². The molecular formula is C19H23N5O2. The number of nitrogens with zero attached hydrogens (tertiary/aromatic N) is 3. The quantitative estimate of drug-likeness (QED) is 0.879. The van der Waals surface area contributed by atoms with Crippen LogP contribution in [0, 0.1) is 6.92 Å². The molecule has 1 atom stereocenters. The number of anilines is 2. The largest absolute Gasteiger partial charge is 0.355 e. The lowest BCUT2D eigenvalue weighted by Crippen LogP contribution is -2.48. The van der Waals surface area contributed by atoms with Crippen molar-refractivity contribution >= 4 is 23.5 Å². The Labute approximate surface area is 152 Å². The molecule has 0 aliphatic carbocycles. The van der Waals surface area contributed by atoms with E-state index in [1.165, 1.54) is 13.1 Å². The van der Waals surface area contributed by atoms with Gasteiger partial charge in [0.25, 0.3) is 5.91 Å². The Hall–Kier alpha value is -2.96. The van der Waals surface area contributed by atoms with Gasteiger partial charge in [0.2, 0.25) is 5.91 Å². The molecule has 1 aliphatic rings. The lowest BCUT2D eigenvalue weighted by Gasteiger charge is -2.34. The first-order chi connectivity index (χ1) is 12.5. The molecule has 1 fully saturated rings. The monoisotopic (exact) mass is 353 g/mol. The van der Waals surface area contributed by atoms with Gasteiger partial charge in [-0.25, -0.2) is 9.97 Å². The van der Waals surface area contributed by atoms with Crippen LogP contribution in [0.5, 0.6) is 0 Å². The Bertz CT molecular complexity index is 808. The van der Waals surface area contributed by atoms with E-state index in [2.05, 4.69) is 25.5 Å². The highest BCUT2D eigenvalue weighted by Crippen LogP contribution is 2.18. The Morgan fingerprint density at radius 3 is 2.88 bits per heavy atom. The van der Waals surface area contributed by atoms with E-state index in [-0.39, 0.29) is 17.9 Å². The molecular weight excluding hydrogens is 330 g/mol. The van der Waals surface area contributed by atoms with E-state index in [1.807, 2.05) is 25.1 Å². The van der Waals surface area contributed by atoms with E-state index < -0.39 is 0 Å². The normalized spacial score (nSPS) is 16.8. The van der Waals surface area contributed by atoms with Crippen molar-refractivity contribution in [3.8, 4) is 0 Å². The average molecular weight is 353 g/mol. The van der Waals surface area contributed by atoms with Crippen LogP contribution in [-0.2, 0) is 4.79 Å². The second-order valence-corrected chi connectivity index (χ2v) is 6.51. The fourth-order valence-electron chi connectivity index (χ4n) is 3.10. The van der Waals surface area contributed by atoms with Crippen LogP contribution in [0.3, 0.4) is 0 Å². The minimum absolute atomic E-state index is 0.0518. The number of rotatable bonds is 4. The molecule has 0 bridgehead atoms. The van der Waals surface area contributed by atoms with E-state index in [4.69, 9.17) is 0 Å². The summed E-state index contributed by atoms with van der Waals surface area (Å²) >= 11 is 0. The van der Waals surface area contributed by atoms with E-state index in [1.54, 1.807) is 12.1 Å². The fourth-order valence-corrected chi connectivity index (χ4v) is 3.10. The SMILES string of the molecule is CC(=O)Nc1cc(C(=O)N[C@H]2CCCN(c3cccc(C)n3)C2)ccn1. The van der Waals surface area contributed by atoms with Crippen molar-refractivity contribution in [3.05, 3.63) is 47.8 Å². The fraction of sp³-hybridized carbons (Fsp3) is 0.368. The van der Waals surface area contributed by atoms with E-state index >= 15 is 0 Å². The summed E-state index contributed by atoms with van der Waals surface area (Å²) in [5, 5.41) is 5.67. The van der Waals surface area contributed by atoms with Crippen LogP contribution in [0.15, 0.2) is 36.5 Å². The van der Waals surface area contributed by atoms with Crippen LogP contribution in [0.25, 0.3) is 0 Å². The molecule has 3 rings (SSSR count). The number of carbonyl (C=O) groups is 2. The van der Waals surface area contributed by atoms with Gasteiger partial charge in [-0.3, -0.25) is 9.59 Å². The molecule has 3 heterocycles. The summed E-state index contributed by atoms with van der Waals surface area (Å²) < 4.78 is 0. The highest BCUT2D eigenvalue weighted by Gasteiger charge is 2.23. The third kappa shape index (κ3) is 4.56. The first kappa shape index (κ1) is 17.8. The predicted molar refractivity (Wildman–Crippen MR) is 100 cm³/mol. The van der Waals surface area contributed by atoms with Gasteiger partial charge < -0.3 is 15.5 Å². The number of pyridine rings is 2. The van der Waals surface area contributed by atoms with E-state index in [0.29, 0.717) is 11.4 Å². The van der Waals surface area contributed by atoms with Gasteiger partial charge in [-0.05, 0) is 44.0 Å². The maximum atomic E-state index is 12.6. The van der Waals surface area contributed by atoms with E-state index in [0.717, 1.165) is 37.4 Å². The van der Waals surface area contributed by atoms with Crippen molar-refractivity contribution in [1.29, 1.82) is 0 Å². The van der Waals surface area contributed by atoms with Crippen LogP contribution in [0.2, 0.25) is 0 Å². The molecule has 7 nitrogen and oxygen atoms in total. The van der Waals surface area contributed by atoms with Crippen molar-refractivity contribution in [2.75, 3.05) is 23.3 Å². The number of piperidine rings is 1. The van der Waals surface area contributed by atoms with Gasteiger partial charge in [0.05, 0.1) is 0 Å². The molecule has 2 aromatic heterocycles. The lowest BCUT2D eigenvalue weighted by atomic mass is 10.0. The molecule has 136 valence electrons. The zero-order chi connectivity index (χ0) is 18.5. The summed E-state index contributed by atoms with van der Waals surface area (Å²) in [7, 11) is 0. The number of aromatic nitrogens is 2. The Balaban J connectivity index is 1.65. The number of carbonyl (C=O) groups excluding carboxylic acids is 2. The first-order valence-corrected chi connectivity index (χ1v) is 8.74. The van der Waals surface area contributed by atoms with Crippen LogP contribution in [0.4, 0.5) is 11.6 Å². The van der Waals surface area contributed by atoms with Gasteiger partial charge >= 0.3 is 0 Å². The van der Waals surface area contributed by atoms with Crippen molar-refractivity contribution < 1.29 is 9.59 Å². The smallest absolute Gasteiger partial charge is 0.251 e. The second-order valence-electron chi connectivity index (χ2n) is 6.51. The lowest BCUT2D eigenvalue weighted by molar-refractivity contribution is -0.114. The maximum Gasteiger partial charge on any atom is 0.251 e. The third-order valence-corrected chi connectivity index (χ3v) is 4.28. The van der Waals surface area contributed by atoms with Crippen molar-refractivity contribution in [2.24, 2.45) is 0 Å². The predicted octanol–water partition coefficient (Wildman–Crippen LogP) is 2.14. The van der Waals surface area contributed by atoms with Gasteiger partial charge in [-0.1, -0.05) is 6.07 Å². The van der Waals surface area contributed by atoms with Crippen molar-refractivity contribution in [3.63, 3.8) is 0 Å². The van der Waals surface area contributed by atoms with Gasteiger partial charge in [0.1, 0.15) is 11.6 Å². The van der Waals surface area contributed by atoms with Crippen molar-refractivity contribution in [1.82, 2.24) is 15.3 Å². The first-order valence-electron chi connectivity index (χ1n) is 8.74. The highest BCUT2D eigenvalue weighted by molar-refractivity contribution is 5.96. The average Bonchev–Trinajstić information content (AvgIpc) is 2.61. The molecule has 1 aliphatic heterocycles. The molecule has 26 heavy (non-hydrogen) atoms. The number of aryl methyl sites for hydroxylation is 1. The number of amides is 2. The molecule has 0 saturated carbocycles. The zero-order valence-electron chi connectivity index (χ0n) is 15.0. The minimum atomic E-state index is -0.219. The highest BCUT2D eigenvalue weighted by atomic mass is 16.2. The van der Waals surface area contributed by atoms with Crippen LogP contribution in [0.1, 0.15) is 35.8 Å². The van der Waals surface area contributed by atoms with Crippen molar-refractivity contribution in [2.45, 2.75) is 32.7 Å². The number of nitrogens with one attached hydrogen (secondary N) is 2. The molecule has 0 aromatic carbocycles. The summed E-state index contributed by atoms with van der Waals surface area (Å²) in [6.45, 7) is 5.05. The summed E-state index contributed by atoms with van der Waals surface area (Å²) in [6, 6.07) is 9.25. The van der Waals surface area contributed by atoms with Crippen LogP contribution in [-0.4, -0.2) is 40.9 Å². The van der Waals surface area contributed by atoms with Gasteiger partial charge in [-0.15, -0.1) is 0 Å². The summed E-state index contributed by atoms with van der Waals surface area (Å²) in [5.41, 5.74) is 1.46. The Morgan fingerprint density at radius 1 is 1.27 bits per heavy atom. The van der Waals surface area contributed by atoms with Gasteiger partial charge in [-0.2, -0.15) is 0 Å². The van der Waals surface area contributed by atoms with Gasteiger partial charge in [0, 0.05) is 43.5 Å². The topological polar surface area (TPSA) is 87.2 Å². The molecule has 0 spiro atoms. The van der Waals surface area contributed by atoms with Crippen LogP contribution >= 0.6 is 0 Å². The number of hydrogen-bond donors (Lipinski definition) is 2. The molecule has 0 unspecified atom stereocenters. The second kappa shape index (κ2) is 7.95. The minimum Gasteiger partial charge on any atom is -0.355 e. The molecule has 1 saturated heterocycles. The summed E-state index contributed by atoms with van der Waals surface area (Å²) in [6.07, 6.45) is 3.44. The standard InChI is InChI=1S/C19H23N5O2/c1-13-5-3-7-18(21-13)24-10-4-6-16(12-24)23-19(26)15-8-9-20-17(11-15)22-14(2)25/h3,5,7-9,11,16H,4,6,10,12H2,1-2H3,(H,23,26)(H,20,22,25)/t16-/m0/s1. The Morgan fingerprint density at radius 2 is 2.12 bits per heavy atom. The molecule has 7 heteroatoms. The van der Waals surface area contributed by atoms with Crippen LogP contribution < -0.4 is 15.5 Å². The zero-order valence-corrected chi connectivity index (χ0v) is 15.0. The molecule has 0 radical (unpaired) electrons. The molecule has 2 aromatic rings. The maximum absolute atomic E-state index is 12.6. The third-order valence-electron chi connectivity index (χ3n) is 4.28. The summed E-state index contributed by atoms with van der Waals surface area (Å²) in [4.78, 5) is 34.5. The summed E-state index contributed by atoms with van der Waals surface area (Å²) in [5.74, 6) is 0.937.